The normalized spacial score (nSPS) is 16.2. The Morgan fingerprint density at radius 1 is 1.20 bits per heavy atom. The van der Waals surface area contributed by atoms with E-state index in [2.05, 4.69) is 10.6 Å². The molecule has 0 aliphatic carbocycles. The number of ether oxygens (including phenoxy) is 1. The molecule has 0 spiro atoms. The molecule has 192 valence electrons. The molecule has 1 aliphatic rings. The third kappa shape index (κ3) is 8.58. The van der Waals surface area contributed by atoms with Crippen LogP contribution < -0.4 is 27.6 Å². The quantitative estimate of drug-likeness (QED) is 0.429. The van der Waals surface area contributed by atoms with E-state index in [1.54, 1.807) is 20.8 Å². The highest BCUT2D eigenvalue weighted by atomic mass is 35.5. The maximum atomic E-state index is 13.2. The van der Waals surface area contributed by atoms with Gasteiger partial charge in [0.15, 0.2) is 0 Å². The zero-order valence-electron chi connectivity index (χ0n) is 20.9. The van der Waals surface area contributed by atoms with E-state index >= 15 is 0 Å². The molecule has 1 aromatic carbocycles. The van der Waals surface area contributed by atoms with Gasteiger partial charge in [-0.1, -0.05) is 30.3 Å². The van der Waals surface area contributed by atoms with Crippen LogP contribution in [0, 0.1) is 0 Å². The number of likely N-dealkylation sites (tertiary alicyclic amines) is 1. The molecule has 1 aliphatic heterocycles. The van der Waals surface area contributed by atoms with Gasteiger partial charge in [-0.25, -0.2) is 13.9 Å². The number of carbonyl (C=O) groups excluding carboxylic acids is 3. The predicted octanol–water partition coefficient (Wildman–Crippen LogP) is -1.44. The number of aromatic nitrogens is 2. The van der Waals surface area contributed by atoms with Crippen molar-refractivity contribution in [3.05, 3.63) is 54.6 Å². The Kier molecular flexibility index (Phi) is 10.1. The molecule has 35 heavy (non-hydrogen) atoms. The summed E-state index contributed by atoms with van der Waals surface area (Å²) in [6.45, 7) is 6.89. The lowest BCUT2D eigenvalue weighted by Crippen LogP contribution is -3.00. The van der Waals surface area contributed by atoms with Crippen LogP contribution in [-0.4, -0.2) is 58.1 Å². The Balaban J connectivity index is 0.00000432. The summed E-state index contributed by atoms with van der Waals surface area (Å²) in [7, 11) is 1.93. The predicted molar refractivity (Wildman–Crippen MR) is 127 cm³/mol. The number of nitrogens with one attached hydrogen (secondary N) is 2. The summed E-state index contributed by atoms with van der Waals surface area (Å²) < 4.78 is 9.37. The van der Waals surface area contributed by atoms with Crippen LogP contribution in [0.3, 0.4) is 0 Å². The minimum atomic E-state index is -0.753. The molecular formula is C25H36ClN5O4. The number of hydrogen-bond acceptors (Lipinski definition) is 4. The summed E-state index contributed by atoms with van der Waals surface area (Å²) in [6.07, 6.45) is 6.89. The molecule has 1 fully saturated rings. The molecule has 0 saturated carbocycles. The van der Waals surface area contributed by atoms with Gasteiger partial charge >= 0.3 is 6.09 Å². The number of imidazole rings is 1. The van der Waals surface area contributed by atoms with Crippen LogP contribution in [0.25, 0.3) is 0 Å². The fraction of sp³-hybridized carbons (Fsp3) is 0.520. The minimum Gasteiger partial charge on any atom is -1.00 e. The summed E-state index contributed by atoms with van der Waals surface area (Å²) in [4.78, 5) is 40.3. The molecule has 10 heteroatoms. The number of benzene rings is 1. The van der Waals surface area contributed by atoms with E-state index in [1.807, 2.05) is 65.2 Å². The average Bonchev–Trinajstić information content (AvgIpc) is 3.42. The van der Waals surface area contributed by atoms with Gasteiger partial charge in [-0.3, -0.25) is 14.5 Å². The number of hydrogen-bond donors (Lipinski definition) is 2. The highest BCUT2D eigenvalue weighted by Crippen LogP contribution is 2.21. The summed E-state index contributed by atoms with van der Waals surface area (Å²) in [5.74, 6) is -0.590. The maximum absolute atomic E-state index is 13.2. The molecule has 3 amide bonds. The van der Waals surface area contributed by atoms with Crippen LogP contribution in [0.1, 0.15) is 39.2 Å². The Hall–Kier alpha value is -3.07. The Morgan fingerprint density at radius 3 is 2.54 bits per heavy atom. The minimum absolute atomic E-state index is 0. The molecule has 1 aromatic heterocycles. The molecule has 9 nitrogen and oxygen atoms in total. The van der Waals surface area contributed by atoms with Gasteiger partial charge in [-0.15, -0.1) is 0 Å². The molecule has 2 heterocycles. The molecule has 0 radical (unpaired) electrons. The third-order valence-electron chi connectivity index (χ3n) is 5.59. The van der Waals surface area contributed by atoms with Crippen LogP contribution in [-0.2, 0) is 34.3 Å². The van der Waals surface area contributed by atoms with Crippen LogP contribution >= 0.6 is 0 Å². The molecular weight excluding hydrogens is 470 g/mol. The van der Waals surface area contributed by atoms with Gasteiger partial charge in [0.1, 0.15) is 36.6 Å². The van der Waals surface area contributed by atoms with Crippen molar-refractivity contribution in [3.8, 4) is 0 Å². The lowest BCUT2D eigenvalue weighted by molar-refractivity contribution is -0.671. The van der Waals surface area contributed by atoms with E-state index in [0.29, 0.717) is 38.9 Å². The molecule has 2 aromatic rings. The van der Waals surface area contributed by atoms with Crippen molar-refractivity contribution in [1.29, 1.82) is 0 Å². The first-order valence-electron chi connectivity index (χ1n) is 11.7. The first kappa shape index (κ1) is 28.2. The third-order valence-corrected chi connectivity index (χ3v) is 5.59. The van der Waals surface area contributed by atoms with Gasteiger partial charge in [-0.05, 0) is 39.2 Å². The molecule has 0 bridgehead atoms. The van der Waals surface area contributed by atoms with E-state index in [0.717, 1.165) is 5.56 Å². The van der Waals surface area contributed by atoms with Crippen LogP contribution in [0.5, 0.6) is 0 Å². The van der Waals surface area contributed by atoms with Gasteiger partial charge in [0, 0.05) is 13.0 Å². The number of nitrogens with zero attached hydrogens (tertiary/aromatic N) is 3. The van der Waals surface area contributed by atoms with E-state index in [1.165, 1.54) is 4.90 Å². The van der Waals surface area contributed by atoms with Gasteiger partial charge in [-0.2, -0.15) is 0 Å². The first-order valence-corrected chi connectivity index (χ1v) is 11.7. The highest BCUT2D eigenvalue weighted by Gasteiger charge is 2.38. The van der Waals surface area contributed by atoms with Gasteiger partial charge in [0.05, 0.1) is 13.6 Å². The van der Waals surface area contributed by atoms with Crippen LogP contribution in [0.4, 0.5) is 4.79 Å². The van der Waals surface area contributed by atoms with Crippen LogP contribution in [0.15, 0.2) is 49.1 Å². The van der Waals surface area contributed by atoms with Crippen molar-refractivity contribution < 1.29 is 36.1 Å². The first-order chi connectivity index (χ1) is 16.1. The zero-order chi connectivity index (χ0) is 24.7. The molecule has 2 unspecified atom stereocenters. The monoisotopic (exact) mass is 505 g/mol. The van der Waals surface area contributed by atoms with E-state index in [-0.39, 0.29) is 24.2 Å². The number of amides is 3. The Labute approximate surface area is 213 Å². The zero-order valence-corrected chi connectivity index (χ0v) is 21.6. The second-order valence-electron chi connectivity index (χ2n) is 9.69. The van der Waals surface area contributed by atoms with Crippen molar-refractivity contribution in [2.45, 2.75) is 64.3 Å². The van der Waals surface area contributed by atoms with Gasteiger partial charge in [0.2, 0.25) is 18.1 Å². The smallest absolute Gasteiger partial charge is 0.410 e. The second-order valence-corrected chi connectivity index (χ2v) is 9.69. The van der Waals surface area contributed by atoms with Crippen molar-refractivity contribution in [2.24, 2.45) is 7.05 Å². The van der Waals surface area contributed by atoms with Gasteiger partial charge in [0.25, 0.3) is 0 Å². The standard InChI is InChI=1S/C25H35N5O4.ClH/c1-25(2,3)34-24(33)30-13-8-11-21(30)23(32)27-20(17-19-9-6-5-7-10-19)22(31)26-12-14-29-16-15-28(4)18-29;/h5-7,9-10,15-16,18,20-21H,8,11-14,17H2,1-4H3,(H-,26,27,31,32);1H. The fourth-order valence-electron chi connectivity index (χ4n) is 3.97. The van der Waals surface area contributed by atoms with E-state index in [4.69, 9.17) is 4.74 Å². The van der Waals surface area contributed by atoms with Gasteiger partial charge < -0.3 is 27.8 Å². The number of carbonyl (C=O) groups is 3. The Morgan fingerprint density at radius 2 is 1.91 bits per heavy atom. The number of rotatable bonds is 8. The average molecular weight is 506 g/mol. The molecule has 2 atom stereocenters. The van der Waals surface area contributed by atoms with Crippen molar-refractivity contribution in [3.63, 3.8) is 0 Å². The summed E-state index contributed by atoms with van der Waals surface area (Å²) in [5, 5.41) is 5.83. The lowest BCUT2D eigenvalue weighted by atomic mass is 10.0. The Bertz CT molecular complexity index is 989. The SMILES string of the molecule is C[n+]1ccn(CCNC(=O)C(Cc2ccccc2)NC(=O)C2CCCN2C(=O)OC(C)(C)C)c1.[Cl-]. The largest absolute Gasteiger partial charge is 1.00 e. The van der Waals surface area contributed by atoms with Crippen molar-refractivity contribution in [1.82, 2.24) is 20.1 Å². The van der Waals surface area contributed by atoms with Crippen LogP contribution in [0.2, 0.25) is 0 Å². The fourth-order valence-corrected chi connectivity index (χ4v) is 3.97. The summed E-state index contributed by atoms with van der Waals surface area (Å²) in [6, 6.07) is 8.16. The number of halogens is 1. The topological polar surface area (TPSA) is 96.5 Å². The summed E-state index contributed by atoms with van der Waals surface area (Å²) >= 11 is 0. The lowest BCUT2D eigenvalue weighted by Gasteiger charge is -2.29. The van der Waals surface area contributed by atoms with E-state index < -0.39 is 23.8 Å². The van der Waals surface area contributed by atoms with Crippen molar-refractivity contribution >= 4 is 17.9 Å². The maximum Gasteiger partial charge on any atom is 0.410 e. The molecule has 1 saturated heterocycles. The van der Waals surface area contributed by atoms with E-state index in [9.17, 15) is 14.4 Å². The molecule has 3 rings (SSSR count). The highest BCUT2D eigenvalue weighted by molar-refractivity contribution is 5.91. The second kappa shape index (κ2) is 12.6. The number of aryl methyl sites for hydroxylation is 1. The molecule has 2 N–H and O–H groups in total. The summed E-state index contributed by atoms with van der Waals surface area (Å²) in [5.41, 5.74) is 0.295. The van der Waals surface area contributed by atoms with Crippen molar-refractivity contribution in [2.75, 3.05) is 13.1 Å².